The van der Waals surface area contributed by atoms with Crippen LogP contribution in [0.15, 0.2) is 18.2 Å². The van der Waals surface area contributed by atoms with Gasteiger partial charge < -0.3 is 10.2 Å². The number of carbonyl (C=O) groups is 1. The van der Waals surface area contributed by atoms with Crippen LogP contribution in [0.4, 0.5) is 5.69 Å². The second-order valence-corrected chi connectivity index (χ2v) is 5.69. The number of nitrogens with one attached hydrogen (secondary N) is 1. The second-order valence-electron chi connectivity index (χ2n) is 5.69. The summed E-state index contributed by atoms with van der Waals surface area (Å²) in [5.74, 6) is 0.934. The highest BCUT2D eigenvalue weighted by molar-refractivity contribution is 6.01. The SMILES string of the molecule is CCc1ccc2c(c1)CC(=O)N2CC1CCNCC1. The summed E-state index contributed by atoms with van der Waals surface area (Å²) in [5, 5.41) is 3.38. The van der Waals surface area contributed by atoms with E-state index in [9.17, 15) is 4.79 Å². The number of rotatable bonds is 3. The highest BCUT2D eigenvalue weighted by atomic mass is 16.2. The maximum atomic E-state index is 12.2. The topological polar surface area (TPSA) is 32.3 Å². The molecule has 3 nitrogen and oxygen atoms in total. The van der Waals surface area contributed by atoms with Crippen molar-refractivity contribution in [1.82, 2.24) is 5.32 Å². The number of amides is 1. The minimum absolute atomic E-state index is 0.279. The first-order valence-electron chi connectivity index (χ1n) is 7.41. The zero-order valence-electron chi connectivity index (χ0n) is 11.6. The van der Waals surface area contributed by atoms with Crippen molar-refractivity contribution in [2.75, 3.05) is 24.5 Å². The largest absolute Gasteiger partial charge is 0.317 e. The van der Waals surface area contributed by atoms with Gasteiger partial charge in [-0.2, -0.15) is 0 Å². The number of anilines is 1. The zero-order valence-corrected chi connectivity index (χ0v) is 11.6. The summed E-state index contributed by atoms with van der Waals surface area (Å²) in [6.45, 7) is 5.24. The van der Waals surface area contributed by atoms with Crippen molar-refractivity contribution in [2.45, 2.75) is 32.6 Å². The van der Waals surface area contributed by atoms with Crippen LogP contribution in [-0.2, 0) is 17.6 Å². The molecule has 1 saturated heterocycles. The monoisotopic (exact) mass is 258 g/mol. The molecule has 0 atom stereocenters. The van der Waals surface area contributed by atoms with Crippen LogP contribution in [0.25, 0.3) is 0 Å². The number of hydrogen-bond donors (Lipinski definition) is 1. The summed E-state index contributed by atoms with van der Waals surface area (Å²) in [5.41, 5.74) is 3.70. The van der Waals surface area contributed by atoms with E-state index in [1.54, 1.807) is 0 Å². The average molecular weight is 258 g/mol. The molecule has 2 aliphatic rings. The summed E-state index contributed by atoms with van der Waals surface area (Å²) in [6, 6.07) is 6.50. The predicted octanol–water partition coefficient (Wildman–Crippen LogP) is 2.14. The third kappa shape index (κ3) is 2.52. The van der Waals surface area contributed by atoms with E-state index >= 15 is 0 Å². The van der Waals surface area contributed by atoms with E-state index < -0.39 is 0 Å². The third-order valence-electron chi connectivity index (χ3n) is 4.39. The fourth-order valence-electron chi connectivity index (χ4n) is 3.18. The molecule has 3 rings (SSSR count). The molecule has 0 aromatic heterocycles. The molecule has 0 aliphatic carbocycles. The predicted molar refractivity (Wildman–Crippen MR) is 77.5 cm³/mol. The number of hydrogen-bond acceptors (Lipinski definition) is 2. The molecule has 1 amide bonds. The van der Waals surface area contributed by atoms with Crippen LogP contribution in [0.5, 0.6) is 0 Å². The fourth-order valence-corrected chi connectivity index (χ4v) is 3.18. The molecule has 1 aromatic carbocycles. The average Bonchev–Trinajstić information content (AvgIpc) is 2.75. The first kappa shape index (κ1) is 12.7. The van der Waals surface area contributed by atoms with Crippen molar-refractivity contribution in [1.29, 1.82) is 0 Å². The van der Waals surface area contributed by atoms with Gasteiger partial charge in [-0.3, -0.25) is 4.79 Å². The number of nitrogens with zero attached hydrogens (tertiary/aromatic N) is 1. The van der Waals surface area contributed by atoms with Gasteiger partial charge in [0.25, 0.3) is 0 Å². The third-order valence-corrected chi connectivity index (χ3v) is 4.39. The van der Waals surface area contributed by atoms with Crippen molar-refractivity contribution in [2.24, 2.45) is 5.92 Å². The Hall–Kier alpha value is -1.35. The molecular weight excluding hydrogens is 236 g/mol. The van der Waals surface area contributed by atoms with Gasteiger partial charge >= 0.3 is 0 Å². The number of fused-ring (bicyclic) bond motifs is 1. The van der Waals surface area contributed by atoms with Crippen LogP contribution in [0.3, 0.4) is 0 Å². The first-order chi connectivity index (χ1) is 9.28. The quantitative estimate of drug-likeness (QED) is 0.901. The van der Waals surface area contributed by atoms with Gasteiger partial charge in [0.1, 0.15) is 0 Å². The molecular formula is C16H22N2O. The Kier molecular flexibility index (Phi) is 3.56. The van der Waals surface area contributed by atoms with Crippen LogP contribution in [-0.4, -0.2) is 25.5 Å². The molecule has 2 heterocycles. The van der Waals surface area contributed by atoms with Crippen LogP contribution < -0.4 is 10.2 Å². The Balaban J connectivity index is 1.78. The lowest BCUT2D eigenvalue weighted by Crippen LogP contribution is -2.37. The summed E-state index contributed by atoms with van der Waals surface area (Å²) in [4.78, 5) is 14.2. The summed E-state index contributed by atoms with van der Waals surface area (Å²) in [6.07, 6.45) is 4.00. The summed E-state index contributed by atoms with van der Waals surface area (Å²) < 4.78 is 0. The summed E-state index contributed by atoms with van der Waals surface area (Å²) >= 11 is 0. The Morgan fingerprint density at radius 1 is 1.32 bits per heavy atom. The maximum absolute atomic E-state index is 12.2. The molecule has 1 fully saturated rings. The number of carbonyl (C=O) groups excluding carboxylic acids is 1. The second kappa shape index (κ2) is 5.33. The Bertz CT molecular complexity index is 478. The lowest BCUT2D eigenvalue weighted by Gasteiger charge is -2.28. The summed E-state index contributed by atoms with van der Waals surface area (Å²) in [7, 11) is 0. The van der Waals surface area contributed by atoms with Gasteiger partial charge in [-0.05, 0) is 55.5 Å². The maximum Gasteiger partial charge on any atom is 0.231 e. The van der Waals surface area contributed by atoms with Gasteiger partial charge in [-0.1, -0.05) is 19.1 Å². The first-order valence-corrected chi connectivity index (χ1v) is 7.41. The van der Waals surface area contributed by atoms with Crippen LogP contribution in [0.1, 0.15) is 30.9 Å². The molecule has 3 heteroatoms. The van der Waals surface area contributed by atoms with Crippen LogP contribution >= 0.6 is 0 Å². The standard InChI is InChI=1S/C16H22N2O/c1-2-12-3-4-15-14(9-12)10-16(19)18(15)11-13-5-7-17-8-6-13/h3-4,9,13,17H,2,5-8,10-11H2,1H3. The van der Waals surface area contributed by atoms with Gasteiger partial charge in [0, 0.05) is 12.2 Å². The zero-order chi connectivity index (χ0) is 13.2. The van der Waals surface area contributed by atoms with Crippen molar-refractivity contribution in [3.05, 3.63) is 29.3 Å². The van der Waals surface area contributed by atoms with Gasteiger partial charge in [-0.25, -0.2) is 0 Å². The number of aryl methyl sites for hydroxylation is 1. The normalized spacial score (nSPS) is 19.8. The molecule has 0 radical (unpaired) electrons. The molecule has 0 saturated carbocycles. The fraction of sp³-hybridized carbons (Fsp3) is 0.562. The molecule has 0 unspecified atom stereocenters. The van der Waals surface area contributed by atoms with Crippen LogP contribution in [0, 0.1) is 5.92 Å². The smallest absolute Gasteiger partial charge is 0.231 e. The van der Waals surface area contributed by atoms with Crippen LogP contribution in [0.2, 0.25) is 0 Å². The van der Waals surface area contributed by atoms with Gasteiger partial charge in [-0.15, -0.1) is 0 Å². The minimum Gasteiger partial charge on any atom is -0.317 e. The van der Waals surface area contributed by atoms with E-state index in [1.807, 2.05) is 4.90 Å². The Labute approximate surface area is 115 Å². The van der Waals surface area contributed by atoms with Crippen molar-refractivity contribution >= 4 is 11.6 Å². The molecule has 1 N–H and O–H groups in total. The molecule has 1 aromatic rings. The molecule has 2 aliphatic heterocycles. The van der Waals surface area contributed by atoms with E-state index in [2.05, 4.69) is 30.4 Å². The Morgan fingerprint density at radius 3 is 2.84 bits per heavy atom. The van der Waals surface area contributed by atoms with Crippen molar-refractivity contribution < 1.29 is 4.79 Å². The number of benzene rings is 1. The van der Waals surface area contributed by atoms with E-state index in [0.29, 0.717) is 12.3 Å². The highest BCUT2D eigenvalue weighted by Gasteiger charge is 2.29. The van der Waals surface area contributed by atoms with Gasteiger partial charge in [0.05, 0.1) is 6.42 Å². The molecule has 19 heavy (non-hydrogen) atoms. The highest BCUT2D eigenvalue weighted by Crippen LogP contribution is 2.31. The van der Waals surface area contributed by atoms with E-state index in [1.165, 1.54) is 24.0 Å². The van der Waals surface area contributed by atoms with Gasteiger partial charge in [0.2, 0.25) is 5.91 Å². The number of piperidine rings is 1. The molecule has 0 bridgehead atoms. The van der Waals surface area contributed by atoms with E-state index in [4.69, 9.17) is 0 Å². The lowest BCUT2D eigenvalue weighted by atomic mass is 9.97. The molecule has 0 spiro atoms. The lowest BCUT2D eigenvalue weighted by molar-refractivity contribution is -0.117. The van der Waals surface area contributed by atoms with E-state index in [0.717, 1.165) is 31.7 Å². The van der Waals surface area contributed by atoms with Crippen molar-refractivity contribution in [3.63, 3.8) is 0 Å². The van der Waals surface area contributed by atoms with Gasteiger partial charge in [0.15, 0.2) is 0 Å². The van der Waals surface area contributed by atoms with Crippen molar-refractivity contribution in [3.8, 4) is 0 Å². The van der Waals surface area contributed by atoms with E-state index in [-0.39, 0.29) is 5.91 Å². The molecule has 102 valence electrons. The minimum atomic E-state index is 0.279. The Morgan fingerprint density at radius 2 is 2.11 bits per heavy atom.